The number of halogens is 1. The summed E-state index contributed by atoms with van der Waals surface area (Å²) in [5.74, 6) is -0.156. The number of hydrogen-bond donors (Lipinski definition) is 0. The third-order valence-electron chi connectivity index (χ3n) is 5.77. The van der Waals surface area contributed by atoms with Crippen molar-refractivity contribution in [3.05, 3.63) is 77.6 Å². The van der Waals surface area contributed by atoms with Gasteiger partial charge in [0, 0.05) is 38.8 Å². The van der Waals surface area contributed by atoms with Crippen molar-refractivity contribution in [2.45, 2.75) is 31.8 Å². The summed E-state index contributed by atoms with van der Waals surface area (Å²) in [5, 5.41) is 0. The van der Waals surface area contributed by atoms with E-state index in [9.17, 15) is 4.39 Å². The molecule has 1 aliphatic carbocycles. The first-order chi connectivity index (χ1) is 12.8. The Bertz CT molecular complexity index is 731. The van der Waals surface area contributed by atoms with Gasteiger partial charge in [0.15, 0.2) is 0 Å². The zero-order valence-corrected chi connectivity index (χ0v) is 15.3. The second-order valence-corrected chi connectivity index (χ2v) is 7.46. The average Bonchev–Trinajstić information content (AvgIpc) is 2.70. The number of allylic oxidation sites excluding steroid dienone is 1. The Morgan fingerprint density at radius 3 is 2.27 bits per heavy atom. The minimum atomic E-state index is -0.156. The first kappa shape index (κ1) is 17.4. The molecule has 4 rings (SSSR count). The molecular weight excluding hydrogens is 323 g/mol. The summed E-state index contributed by atoms with van der Waals surface area (Å²) in [5.41, 5.74) is 3.96. The van der Waals surface area contributed by atoms with E-state index in [2.05, 4.69) is 46.2 Å². The number of rotatable bonds is 4. The van der Waals surface area contributed by atoms with Crippen molar-refractivity contribution < 1.29 is 4.39 Å². The van der Waals surface area contributed by atoms with Gasteiger partial charge < -0.3 is 0 Å². The smallest absolute Gasteiger partial charge is 0.123 e. The van der Waals surface area contributed by atoms with Crippen LogP contribution >= 0.6 is 0 Å². The van der Waals surface area contributed by atoms with Gasteiger partial charge in [0.1, 0.15) is 5.82 Å². The molecule has 2 aliphatic rings. The standard InChI is InChI=1S/C23H27FN2/c24-22-10-6-20(7-11-22)21-8-12-23(13-9-21)26-16-14-25(15-17-26)18-19-4-2-1-3-5-19/h1-8,10-11,23H,9,12-18H2/t23-/m1/s1. The second kappa shape index (κ2) is 8.15. The van der Waals surface area contributed by atoms with Crippen LogP contribution < -0.4 is 0 Å². The molecule has 1 atom stereocenters. The van der Waals surface area contributed by atoms with Crippen LogP contribution in [0.3, 0.4) is 0 Å². The van der Waals surface area contributed by atoms with Gasteiger partial charge in [-0.3, -0.25) is 9.80 Å². The van der Waals surface area contributed by atoms with Gasteiger partial charge in [0.25, 0.3) is 0 Å². The topological polar surface area (TPSA) is 6.48 Å². The van der Waals surface area contributed by atoms with Crippen LogP contribution in [-0.2, 0) is 6.54 Å². The fourth-order valence-corrected chi connectivity index (χ4v) is 4.21. The highest BCUT2D eigenvalue weighted by molar-refractivity contribution is 5.66. The molecule has 1 heterocycles. The average molecular weight is 350 g/mol. The fraction of sp³-hybridized carbons (Fsp3) is 0.391. The van der Waals surface area contributed by atoms with Gasteiger partial charge in [-0.05, 0) is 48.1 Å². The fourth-order valence-electron chi connectivity index (χ4n) is 4.21. The lowest BCUT2D eigenvalue weighted by atomic mass is 9.89. The largest absolute Gasteiger partial charge is 0.298 e. The van der Waals surface area contributed by atoms with E-state index >= 15 is 0 Å². The summed E-state index contributed by atoms with van der Waals surface area (Å²) in [4.78, 5) is 5.23. The Labute approximate surface area is 155 Å². The predicted molar refractivity (Wildman–Crippen MR) is 105 cm³/mol. The van der Waals surface area contributed by atoms with Gasteiger partial charge in [-0.2, -0.15) is 0 Å². The first-order valence-corrected chi connectivity index (χ1v) is 9.73. The molecule has 136 valence electrons. The predicted octanol–water partition coefficient (Wildman–Crippen LogP) is 4.58. The van der Waals surface area contributed by atoms with E-state index in [1.165, 1.54) is 23.1 Å². The molecule has 2 aromatic carbocycles. The maximum Gasteiger partial charge on any atom is 0.123 e. The summed E-state index contributed by atoms with van der Waals surface area (Å²) < 4.78 is 13.1. The molecule has 0 saturated carbocycles. The lowest BCUT2D eigenvalue weighted by Gasteiger charge is -2.40. The van der Waals surface area contributed by atoms with Crippen LogP contribution in [0.1, 0.15) is 30.4 Å². The summed E-state index contributed by atoms with van der Waals surface area (Å²) in [6.07, 6.45) is 5.80. The Kier molecular flexibility index (Phi) is 5.47. The van der Waals surface area contributed by atoms with Crippen molar-refractivity contribution in [2.24, 2.45) is 0 Å². The molecule has 26 heavy (non-hydrogen) atoms. The zero-order valence-electron chi connectivity index (χ0n) is 15.3. The molecule has 0 N–H and O–H groups in total. The number of nitrogens with zero attached hydrogens (tertiary/aromatic N) is 2. The Balaban J connectivity index is 1.28. The van der Waals surface area contributed by atoms with Crippen molar-refractivity contribution >= 4 is 5.57 Å². The lowest BCUT2D eigenvalue weighted by molar-refractivity contribution is 0.0881. The number of hydrogen-bond acceptors (Lipinski definition) is 2. The summed E-state index contributed by atoms with van der Waals surface area (Å²) in [6, 6.07) is 18.4. The van der Waals surface area contributed by atoms with E-state index in [4.69, 9.17) is 0 Å². The number of benzene rings is 2. The van der Waals surface area contributed by atoms with E-state index in [-0.39, 0.29) is 5.82 Å². The van der Waals surface area contributed by atoms with Gasteiger partial charge in [0.2, 0.25) is 0 Å². The quantitative estimate of drug-likeness (QED) is 0.796. The minimum Gasteiger partial charge on any atom is -0.298 e. The van der Waals surface area contributed by atoms with Crippen LogP contribution in [0, 0.1) is 5.82 Å². The second-order valence-electron chi connectivity index (χ2n) is 7.46. The Morgan fingerprint density at radius 2 is 1.62 bits per heavy atom. The maximum atomic E-state index is 13.1. The summed E-state index contributed by atoms with van der Waals surface area (Å²) in [6.45, 7) is 5.70. The molecule has 0 amide bonds. The molecule has 0 radical (unpaired) electrons. The molecule has 1 fully saturated rings. The third-order valence-corrected chi connectivity index (χ3v) is 5.77. The van der Waals surface area contributed by atoms with Gasteiger partial charge in [-0.15, -0.1) is 0 Å². The minimum absolute atomic E-state index is 0.156. The van der Waals surface area contributed by atoms with Gasteiger partial charge >= 0.3 is 0 Å². The Morgan fingerprint density at radius 1 is 0.885 bits per heavy atom. The lowest BCUT2D eigenvalue weighted by Crippen LogP contribution is -2.50. The van der Waals surface area contributed by atoms with Gasteiger partial charge in [0.05, 0.1) is 0 Å². The molecule has 1 aliphatic heterocycles. The van der Waals surface area contributed by atoms with Gasteiger partial charge in [-0.25, -0.2) is 4.39 Å². The SMILES string of the molecule is Fc1ccc(C2=CC[C@@H](N3CCN(Cc4ccccc4)CC3)CC2)cc1. The van der Waals surface area contributed by atoms with E-state index in [0.29, 0.717) is 6.04 Å². The number of piperazine rings is 1. The molecule has 0 unspecified atom stereocenters. The van der Waals surface area contributed by atoms with Crippen molar-refractivity contribution in [3.8, 4) is 0 Å². The molecular formula is C23H27FN2. The van der Waals surface area contributed by atoms with E-state index in [0.717, 1.165) is 45.6 Å². The highest BCUT2D eigenvalue weighted by atomic mass is 19.1. The van der Waals surface area contributed by atoms with E-state index in [1.54, 1.807) is 12.1 Å². The van der Waals surface area contributed by atoms with Crippen molar-refractivity contribution in [2.75, 3.05) is 26.2 Å². The van der Waals surface area contributed by atoms with E-state index in [1.807, 2.05) is 12.1 Å². The molecule has 0 aromatic heterocycles. The molecule has 0 spiro atoms. The summed E-state index contributed by atoms with van der Waals surface area (Å²) >= 11 is 0. The van der Waals surface area contributed by atoms with E-state index < -0.39 is 0 Å². The van der Waals surface area contributed by atoms with Crippen molar-refractivity contribution in [3.63, 3.8) is 0 Å². The van der Waals surface area contributed by atoms with Crippen LogP contribution in [-0.4, -0.2) is 42.0 Å². The highest BCUT2D eigenvalue weighted by Gasteiger charge is 2.25. The summed E-state index contributed by atoms with van der Waals surface area (Å²) in [7, 11) is 0. The zero-order chi connectivity index (χ0) is 17.8. The third kappa shape index (κ3) is 4.22. The first-order valence-electron chi connectivity index (χ1n) is 9.73. The highest BCUT2D eigenvalue weighted by Crippen LogP contribution is 2.30. The van der Waals surface area contributed by atoms with Crippen LogP contribution in [0.4, 0.5) is 4.39 Å². The molecule has 0 bridgehead atoms. The molecule has 2 nitrogen and oxygen atoms in total. The molecule has 1 saturated heterocycles. The normalized spacial score (nSPS) is 22.2. The van der Waals surface area contributed by atoms with Crippen molar-refractivity contribution in [1.82, 2.24) is 9.80 Å². The van der Waals surface area contributed by atoms with Crippen molar-refractivity contribution in [1.29, 1.82) is 0 Å². The maximum absolute atomic E-state index is 13.1. The Hall–Kier alpha value is -1.97. The van der Waals surface area contributed by atoms with Gasteiger partial charge in [-0.1, -0.05) is 48.5 Å². The van der Waals surface area contributed by atoms with Crippen LogP contribution in [0.25, 0.3) is 5.57 Å². The monoisotopic (exact) mass is 350 g/mol. The van der Waals surface area contributed by atoms with Crippen LogP contribution in [0.15, 0.2) is 60.7 Å². The van der Waals surface area contributed by atoms with Crippen LogP contribution in [0.2, 0.25) is 0 Å². The molecule has 2 aromatic rings. The molecule has 3 heteroatoms. The van der Waals surface area contributed by atoms with Crippen LogP contribution in [0.5, 0.6) is 0 Å².